The lowest BCUT2D eigenvalue weighted by Crippen LogP contribution is -2.31. The van der Waals surface area contributed by atoms with Gasteiger partial charge in [-0.3, -0.25) is 4.31 Å². The Bertz CT molecular complexity index is 801. The molecule has 0 radical (unpaired) electrons. The van der Waals surface area contributed by atoms with Gasteiger partial charge in [0.15, 0.2) is 0 Å². The zero-order valence-corrected chi connectivity index (χ0v) is 14.6. The van der Waals surface area contributed by atoms with Crippen molar-refractivity contribution >= 4 is 27.3 Å². The summed E-state index contributed by atoms with van der Waals surface area (Å²) in [7, 11) is -2.20. The van der Waals surface area contributed by atoms with Gasteiger partial charge in [0.2, 0.25) is 0 Å². The van der Waals surface area contributed by atoms with Gasteiger partial charge in [0.1, 0.15) is 5.75 Å². The molecule has 0 amide bonds. The Balaban J connectivity index is 2.54. The minimum Gasteiger partial charge on any atom is -0.497 e. The quantitative estimate of drug-likeness (QED) is 0.738. The fraction of sp³-hybridized carbons (Fsp3) is 0.176. The van der Waals surface area contributed by atoms with E-state index < -0.39 is 10.0 Å². The summed E-state index contributed by atoms with van der Waals surface area (Å²) in [5.41, 5.74) is 1.35. The lowest BCUT2D eigenvalue weighted by Gasteiger charge is -2.25. The number of hydrogen-bond acceptors (Lipinski definition) is 3. The molecule has 2 aromatic rings. The molecule has 0 aliphatic heterocycles. The van der Waals surface area contributed by atoms with Crippen LogP contribution in [-0.2, 0) is 10.0 Å². The highest BCUT2D eigenvalue weighted by Gasteiger charge is 2.25. The van der Waals surface area contributed by atoms with Crippen LogP contribution in [0.25, 0.3) is 0 Å². The van der Waals surface area contributed by atoms with Crippen LogP contribution < -0.4 is 9.04 Å². The van der Waals surface area contributed by atoms with Crippen LogP contribution >= 0.6 is 11.6 Å². The third kappa shape index (κ3) is 3.68. The maximum absolute atomic E-state index is 13.0. The Morgan fingerprint density at radius 1 is 1.22 bits per heavy atom. The first-order valence-electron chi connectivity index (χ1n) is 6.94. The highest BCUT2D eigenvalue weighted by atomic mass is 35.5. The molecule has 6 heteroatoms. The molecule has 122 valence electrons. The van der Waals surface area contributed by atoms with E-state index in [9.17, 15) is 8.42 Å². The van der Waals surface area contributed by atoms with Crippen molar-refractivity contribution in [3.8, 4) is 5.75 Å². The second-order valence-corrected chi connectivity index (χ2v) is 7.23. The molecule has 0 spiro atoms. The molecular weight excluding hydrogens is 334 g/mol. The SMILES string of the molecule is C=CCN(c1cc(Cl)ccc1C)S(=O)(=O)c1ccc(OC)cc1. The van der Waals surface area contributed by atoms with Gasteiger partial charge in [-0.15, -0.1) is 6.58 Å². The monoisotopic (exact) mass is 351 g/mol. The van der Waals surface area contributed by atoms with Crippen LogP contribution in [0.1, 0.15) is 5.56 Å². The molecule has 0 bridgehead atoms. The number of methoxy groups -OCH3 is 1. The molecule has 0 atom stereocenters. The Labute approximate surface area is 142 Å². The standard InChI is InChI=1S/C17H18ClNO3S/c1-4-11-19(17-12-14(18)6-5-13(17)2)23(20,21)16-9-7-15(22-3)8-10-16/h4-10,12H,1,11H2,2-3H3. The van der Waals surface area contributed by atoms with Crippen LogP contribution in [0.4, 0.5) is 5.69 Å². The second kappa shape index (κ2) is 7.06. The van der Waals surface area contributed by atoms with Crippen LogP contribution in [0.5, 0.6) is 5.75 Å². The average molecular weight is 352 g/mol. The van der Waals surface area contributed by atoms with Crippen molar-refractivity contribution in [2.75, 3.05) is 18.0 Å². The van der Waals surface area contributed by atoms with Crippen LogP contribution in [0.2, 0.25) is 5.02 Å². The first-order chi connectivity index (χ1) is 10.9. The second-order valence-electron chi connectivity index (χ2n) is 4.93. The van der Waals surface area contributed by atoms with Gasteiger partial charge < -0.3 is 4.74 Å². The summed E-state index contributed by atoms with van der Waals surface area (Å²) < 4.78 is 32.3. The average Bonchev–Trinajstić information content (AvgIpc) is 2.55. The molecule has 2 aromatic carbocycles. The highest BCUT2D eigenvalue weighted by molar-refractivity contribution is 7.92. The van der Waals surface area contributed by atoms with E-state index in [4.69, 9.17) is 16.3 Å². The van der Waals surface area contributed by atoms with E-state index in [0.29, 0.717) is 16.5 Å². The van der Waals surface area contributed by atoms with Gasteiger partial charge in [-0.1, -0.05) is 23.7 Å². The number of sulfonamides is 1. The van der Waals surface area contributed by atoms with Gasteiger partial charge in [-0.05, 0) is 48.9 Å². The molecule has 4 nitrogen and oxygen atoms in total. The molecule has 0 fully saturated rings. The summed E-state index contributed by atoms with van der Waals surface area (Å²) >= 11 is 6.03. The third-order valence-electron chi connectivity index (χ3n) is 3.38. The number of aryl methyl sites for hydroxylation is 1. The van der Waals surface area contributed by atoms with Gasteiger partial charge >= 0.3 is 0 Å². The number of rotatable bonds is 6. The molecule has 0 heterocycles. The molecule has 0 unspecified atom stereocenters. The van der Waals surface area contributed by atoms with Gasteiger partial charge in [-0.2, -0.15) is 0 Å². The van der Waals surface area contributed by atoms with Crippen LogP contribution in [-0.4, -0.2) is 22.1 Å². The van der Waals surface area contributed by atoms with Crippen molar-refractivity contribution in [1.82, 2.24) is 0 Å². The zero-order chi connectivity index (χ0) is 17.0. The van der Waals surface area contributed by atoms with E-state index in [1.54, 1.807) is 36.4 Å². The first-order valence-corrected chi connectivity index (χ1v) is 8.76. The summed E-state index contributed by atoms with van der Waals surface area (Å²) in [6.07, 6.45) is 1.54. The summed E-state index contributed by atoms with van der Waals surface area (Å²) in [6.45, 7) is 5.64. The predicted molar refractivity (Wildman–Crippen MR) is 93.9 cm³/mol. The van der Waals surface area contributed by atoms with Crippen molar-refractivity contribution in [1.29, 1.82) is 0 Å². The van der Waals surface area contributed by atoms with E-state index in [2.05, 4.69) is 6.58 Å². The molecule has 0 N–H and O–H groups in total. The molecular formula is C17H18ClNO3S. The van der Waals surface area contributed by atoms with E-state index in [-0.39, 0.29) is 11.4 Å². The zero-order valence-electron chi connectivity index (χ0n) is 13.0. The third-order valence-corrected chi connectivity index (χ3v) is 5.41. The Morgan fingerprint density at radius 3 is 2.43 bits per heavy atom. The largest absolute Gasteiger partial charge is 0.497 e. The number of halogens is 1. The molecule has 0 saturated carbocycles. The Hall–Kier alpha value is -1.98. The molecule has 2 rings (SSSR count). The van der Waals surface area contributed by atoms with Crippen molar-refractivity contribution in [2.45, 2.75) is 11.8 Å². The molecule has 0 aromatic heterocycles. The summed E-state index contributed by atoms with van der Waals surface area (Å²) in [5, 5.41) is 0.476. The first kappa shape index (κ1) is 17.4. The molecule has 23 heavy (non-hydrogen) atoms. The van der Waals surface area contributed by atoms with Gasteiger partial charge in [-0.25, -0.2) is 8.42 Å². The Morgan fingerprint density at radius 2 is 1.87 bits per heavy atom. The maximum atomic E-state index is 13.0. The lowest BCUT2D eigenvalue weighted by molar-refractivity contribution is 0.414. The van der Waals surface area contributed by atoms with E-state index in [1.807, 2.05) is 6.92 Å². The van der Waals surface area contributed by atoms with Crippen LogP contribution in [0.3, 0.4) is 0 Å². The van der Waals surface area contributed by atoms with E-state index >= 15 is 0 Å². The van der Waals surface area contributed by atoms with Crippen molar-refractivity contribution in [2.24, 2.45) is 0 Å². The van der Waals surface area contributed by atoms with E-state index in [0.717, 1.165) is 5.56 Å². The van der Waals surface area contributed by atoms with E-state index in [1.165, 1.54) is 23.5 Å². The Kier molecular flexibility index (Phi) is 5.34. The molecule has 0 aliphatic carbocycles. The minimum absolute atomic E-state index is 0.148. The van der Waals surface area contributed by atoms with Gasteiger partial charge in [0, 0.05) is 5.02 Å². The summed E-state index contributed by atoms with van der Waals surface area (Å²) in [5.74, 6) is 0.596. The molecule has 0 aliphatic rings. The number of anilines is 1. The molecule has 0 saturated heterocycles. The number of benzene rings is 2. The van der Waals surface area contributed by atoms with Crippen LogP contribution in [0.15, 0.2) is 60.0 Å². The van der Waals surface area contributed by atoms with Gasteiger partial charge in [0.25, 0.3) is 10.0 Å². The fourth-order valence-electron chi connectivity index (χ4n) is 2.17. The predicted octanol–water partition coefficient (Wildman–Crippen LogP) is 4.04. The minimum atomic E-state index is -3.73. The van der Waals surface area contributed by atoms with Crippen molar-refractivity contribution in [3.63, 3.8) is 0 Å². The van der Waals surface area contributed by atoms with Gasteiger partial charge in [0.05, 0.1) is 24.2 Å². The smallest absolute Gasteiger partial charge is 0.264 e. The number of nitrogens with zero attached hydrogens (tertiary/aromatic N) is 1. The highest BCUT2D eigenvalue weighted by Crippen LogP contribution is 2.30. The number of ether oxygens (including phenoxy) is 1. The maximum Gasteiger partial charge on any atom is 0.264 e. The summed E-state index contributed by atoms with van der Waals surface area (Å²) in [4.78, 5) is 0.180. The normalized spacial score (nSPS) is 11.1. The number of hydrogen-bond donors (Lipinski definition) is 0. The van der Waals surface area contributed by atoms with Crippen LogP contribution in [0, 0.1) is 6.92 Å². The summed E-state index contributed by atoms with van der Waals surface area (Å²) in [6, 6.07) is 11.4. The fourth-order valence-corrected chi connectivity index (χ4v) is 3.83. The van der Waals surface area contributed by atoms with Crippen molar-refractivity contribution < 1.29 is 13.2 Å². The van der Waals surface area contributed by atoms with Crippen molar-refractivity contribution in [3.05, 3.63) is 65.7 Å². The lowest BCUT2D eigenvalue weighted by atomic mass is 10.2. The topological polar surface area (TPSA) is 46.6 Å².